The molecule has 0 fully saturated rings. The first kappa shape index (κ1) is 38.5. The Balaban J connectivity index is 1.06. The molecular formula is C66H50N2. The van der Waals surface area contributed by atoms with E-state index in [1.165, 1.54) is 133 Å². The Morgan fingerprint density at radius 1 is 0.559 bits per heavy atom. The first-order valence-electron chi connectivity index (χ1n) is 25.1. The van der Waals surface area contributed by atoms with Gasteiger partial charge in [-0.05, 0) is 174 Å². The molecule has 0 amide bonds. The molecule has 15 rings (SSSR count). The first-order chi connectivity index (χ1) is 33.7. The molecule has 2 heterocycles. The zero-order valence-corrected chi connectivity index (χ0v) is 38.1. The number of rotatable bonds is 4. The summed E-state index contributed by atoms with van der Waals surface area (Å²) >= 11 is 0. The molecule has 1 aromatic heterocycles. The SMILES string of the molecule is C1=CC2=C(C3=C(c4ccccc4)C=C4C=Cc5ccccc5C4N3)C3C=C4C(=CC3C(c3nc5c6c(ccc5cc3C3CC=CCC3)C=CCC6)=C2CC1)c1cc2ccccc2c2cccc4c12. The van der Waals surface area contributed by atoms with Crippen LogP contribution in [0.4, 0.5) is 0 Å². The van der Waals surface area contributed by atoms with Gasteiger partial charge < -0.3 is 5.32 Å². The van der Waals surface area contributed by atoms with Gasteiger partial charge in [0.25, 0.3) is 0 Å². The summed E-state index contributed by atoms with van der Waals surface area (Å²) in [7, 11) is 0. The summed E-state index contributed by atoms with van der Waals surface area (Å²) in [5.41, 5.74) is 25.4. The van der Waals surface area contributed by atoms with Gasteiger partial charge in [0.2, 0.25) is 0 Å². The highest BCUT2D eigenvalue weighted by Gasteiger charge is 2.44. The van der Waals surface area contributed by atoms with Gasteiger partial charge in [0.1, 0.15) is 0 Å². The smallest absolute Gasteiger partial charge is 0.0773 e. The van der Waals surface area contributed by atoms with E-state index in [2.05, 4.69) is 193 Å². The molecule has 4 atom stereocenters. The van der Waals surface area contributed by atoms with Crippen LogP contribution < -0.4 is 5.32 Å². The van der Waals surface area contributed by atoms with Gasteiger partial charge in [-0.15, -0.1) is 0 Å². The second-order valence-corrected chi connectivity index (χ2v) is 20.1. The van der Waals surface area contributed by atoms with Crippen LogP contribution in [0.5, 0.6) is 0 Å². The summed E-state index contributed by atoms with van der Waals surface area (Å²) in [6.45, 7) is 0. The van der Waals surface area contributed by atoms with Crippen LogP contribution in [0.15, 0.2) is 204 Å². The fourth-order valence-electron chi connectivity index (χ4n) is 13.5. The normalized spacial score (nSPS) is 22.9. The van der Waals surface area contributed by atoms with E-state index < -0.39 is 0 Å². The monoisotopic (exact) mass is 870 g/mol. The average molecular weight is 871 g/mol. The average Bonchev–Trinajstić information content (AvgIpc) is 3.71. The molecule has 2 heteroatoms. The van der Waals surface area contributed by atoms with Gasteiger partial charge in [-0.2, -0.15) is 0 Å². The van der Waals surface area contributed by atoms with E-state index in [1.54, 1.807) is 0 Å². The van der Waals surface area contributed by atoms with Crippen LogP contribution in [0, 0.1) is 11.8 Å². The van der Waals surface area contributed by atoms with Gasteiger partial charge in [-0.25, -0.2) is 4.98 Å². The predicted molar refractivity (Wildman–Crippen MR) is 284 cm³/mol. The molecule has 1 aliphatic heterocycles. The van der Waals surface area contributed by atoms with Crippen molar-refractivity contribution in [1.82, 2.24) is 10.3 Å². The maximum Gasteiger partial charge on any atom is 0.0773 e. The van der Waals surface area contributed by atoms with Crippen molar-refractivity contribution in [2.75, 3.05) is 0 Å². The Kier molecular flexibility index (Phi) is 8.49. The summed E-state index contributed by atoms with van der Waals surface area (Å²) in [6, 6.07) is 45.9. The van der Waals surface area contributed by atoms with Gasteiger partial charge >= 0.3 is 0 Å². The van der Waals surface area contributed by atoms with Crippen molar-refractivity contribution in [3.63, 3.8) is 0 Å². The lowest BCUT2D eigenvalue weighted by Crippen LogP contribution is -2.35. The Hall–Kier alpha value is -7.55. The lowest BCUT2D eigenvalue weighted by Gasteiger charge is -2.43. The number of allylic oxidation sites excluding steroid dienone is 15. The third-order valence-electron chi connectivity index (χ3n) is 16.6. The highest BCUT2D eigenvalue weighted by atomic mass is 15.0. The van der Waals surface area contributed by atoms with Crippen LogP contribution >= 0.6 is 0 Å². The maximum absolute atomic E-state index is 6.10. The molecule has 1 N–H and O–H groups in total. The van der Waals surface area contributed by atoms with Gasteiger partial charge in [0.15, 0.2) is 0 Å². The van der Waals surface area contributed by atoms with Crippen molar-refractivity contribution >= 4 is 66.9 Å². The molecule has 4 unspecified atom stereocenters. The molecule has 0 spiro atoms. The van der Waals surface area contributed by atoms with E-state index >= 15 is 0 Å². The molecule has 0 radical (unpaired) electrons. The summed E-state index contributed by atoms with van der Waals surface area (Å²) in [6.07, 6.45) is 34.4. The standard InChI is InChI=1S/C66H50N2/c1-3-16-39(17-4-1)53-35-44-32-30-41-20-7-11-24-47(41)63(44)67-65(53)61-50-26-13-14-27-51(50)62(66-54(40-18-5-2-6-19-40)36-45-33-31-42-21-8-12-25-48(42)64(45)68-66)59-38-56-55(37-58(59)61)52-29-15-28-49-46-23-10-9-22-43(46)34-57(56)60(49)52/h1-5,7-11,13,15-17,20-24,26,28-38,40,58-59,63,67H,6,12,14,18-19,25,27H2. The molecule has 68 heavy (non-hydrogen) atoms. The number of aryl methyl sites for hydroxylation is 1. The van der Waals surface area contributed by atoms with Gasteiger partial charge in [-0.1, -0.05) is 170 Å². The van der Waals surface area contributed by atoms with Crippen molar-refractivity contribution in [3.05, 3.63) is 254 Å². The largest absolute Gasteiger partial charge is 0.373 e. The highest BCUT2D eigenvalue weighted by molar-refractivity contribution is 6.27. The predicted octanol–water partition coefficient (Wildman–Crippen LogP) is 16.2. The van der Waals surface area contributed by atoms with Crippen LogP contribution in [-0.2, 0) is 6.42 Å². The fourth-order valence-corrected chi connectivity index (χ4v) is 13.5. The van der Waals surface area contributed by atoms with E-state index in [0.29, 0.717) is 5.92 Å². The number of hydrogen-bond donors (Lipinski definition) is 1. The lowest BCUT2D eigenvalue weighted by atomic mass is 9.63. The number of benzene rings is 6. The van der Waals surface area contributed by atoms with Crippen LogP contribution in [-0.4, -0.2) is 4.98 Å². The van der Waals surface area contributed by atoms with E-state index in [0.717, 1.165) is 44.9 Å². The van der Waals surface area contributed by atoms with Crippen molar-refractivity contribution in [3.8, 4) is 0 Å². The molecule has 0 saturated carbocycles. The summed E-state index contributed by atoms with van der Waals surface area (Å²) in [5, 5.41) is 11.0. The van der Waals surface area contributed by atoms with Crippen LogP contribution in [0.2, 0.25) is 0 Å². The molecular weight excluding hydrogens is 821 g/mol. The number of nitrogens with one attached hydrogen (secondary N) is 1. The lowest BCUT2D eigenvalue weighted by molar-refractivity contribution is 0.590. The third-order valence-corrected chi connectivity index (χ3v) is 16.6. The van der Waals surface area contributed by atoms with Gasteiger partial charge in [0.05, 0.1) is 17.3 Å². The van der Waals surface area contributed by atoms with E-state index in [4.69, 9.17) is 4.98 Å². The van der Waals surface area contributed by atoms with Crippen molar-refractivity contribution < 1.29 is 0 Å². The number of nitrogens with zero attached hydrogens (tertiary/aromatic N) is 1. The minimum absolute atomic E-state index is 0.0407. The molecule has 6 aromatic carbocycles. The van der Waals surface area contributed by atoms with Crippen LogP contribution in [0.3, 0.4) is 0 Å². The summed E-state index contributed by atoms with van der Waals surface area (Å²) in [5.74, 6) is 0.511. The van der Waals surface area contributed by atoms with Crippen LogP contribution in [0.25, 0.3) is 66.9 Å². The van der Waals surface area contributed by atoms with E-state index in [1.807, 2.05) is 0 Å². The first-order valence-corrected chi connectivity index (χ1v) is 25.1. The quantitative estimate of drug-likeness (QED) is 0.141. The highest BCUT2D eigenvalue weighted by Crippen LogP contribution is 2.59. The molecule has 0 saturated heterocycles. The number of pyridine rings is 1. The van der Waals surface area contributed by atoms with Crippen molar-refractivity contribution in [2.24, 2.45) is 11.8 Å². The Morgan fingerprint density at radius 3 is 2.31 bits per heavy atom. The number of fused-ring (bicyclic) bond motifs is 13. The van der Waals surface area contributed by atoms with Gasteiger partial charge in [-0.3, -0.25) is 0 Å². The second-order valence-electron chi connectivity index (χ2n) is 20.1. The zero-order valence-electron chi connectivity index (χ0n) is 38.1. The minimum Gasteiger partial charge on any atom is -0.373 e. The Bertz CT molecular complexity index is 3740. The number of dihydropyridines is 1. The van der Waals surface area contributed by atoms with E-state index in [9.17, 15) is 0 Å². The number of aromatic nitrogens is 1. The fraction of sp³-hybridized carbons (Fsp3) is 0.167. The van der Waals surface area contributed by atoms with Crippen LogP contribution in [0.1, 0.15) is 101 Å². The van der Waals surface area contributed by atoms with E-state index in [-0.39, 0.29) is 17.9 Å². The van der Waals surface area contributed by atoms with Crippen molar-refractivity contribution in [2.45, 2.75) is 56.9 Å². The molecule has 2 nitrogen and oxygen atoms in total. The molecule has 324 valence electrons. The van der Waals surface area contributed by atoms with Gasteiger partial charge in [0, 0.05) is 28.5 Å². The van der Waals surface area contributed by atoms with Crippen molar-refractivity contribution in [1.29, 1.82) is 0 Å². The summed E-state index contributed by atoms with van der Waals surface area (Å²) < 4.78 is 0. The Morgan fingerprint density at radius 2 is 1.38 bits per heavy atom. The topological polar surface area (TPSA) is 24.9 Å². The minimum atomic E-state index is 0.0407. The summed E-state index contributed by atoms with van der Waals surface area (Å²) in [4.78, 5) is 6.10. The molecule has 0 bridgehead atoms. The molecule has 7 aromatic rings. The number of hydrogen-bond acceptors (Lipinski definition) is 2. The zero-order chi connectivity index (χ0) is 44.5. The molecule has 8 aliphatic rings. The second kappa shape index (κ2) is 15.0. The Labute approximate surface area is 398 Å². The maximum atomic E-state index is 6.10. The molecule has 7 aliphatic carbocycles. The third kappa shape index (κ3) is 5.67.